The molecule has 3 aromatic heterocycles. The van der Waals surface area contributed by atoms with Crippen molar-refractivity contribution in [3.63, 3.8) is 0 Å². The Hall–Kier alpha value is -6.78. The van der Waals surface area contributed by atoms with Crippen molar-refractivity contribution in [1.82, 2.24) is 14.5 Å². The summed E-state index contributed by atoms with van der Waals surface area (Å²) in [7, 11) is 0. The van der Waals surface area contributed by atoms with Crippen LogP contribution in [0, 0.1) is 0 Å². The average molecular weight is 638 g/mol. The third-order valence-corrected chi connectivity index (χ3v) is 10.1. The minimum atomic E-state index is 0.523. The fourth-order valence-corrected chi connectivity index (χ4v) is 7.74. The van der Waals surface area contributed by atoms with Crippen LogP contribution >= 0.6 is 0 Å². The van der Waals surface area contributed by atoms with E-state index in [1.54, 1.807) is 0 Å². The summed E-state index contributed by atoms with van der Waals surface area (Å²) in [6, 6.07) is 58.0. The smallest absolute Gasteiger partial charge is 0.247 e. The maximum absolute atomic E-state index is 6.56. The van der Waals surface area contributed by atoms with Crippen LogP contribution in [0.3, 0.4) is 0 Å². The van der Waals surface area contributed by atoms with E-state index in [0.717, 1.165) is 55.7 Å². The lowest BCUT2D eigenvalue weighted by molar-refractivity contribution is 0.653. The lowest BCUT2D eigenvalue weighted by Gasteiger charge is -2.13. The third kappa shape index (κ3) is 3.99. The molecule has 0 N–H and O–H groups in total. The zero-order valence-corrected chi connectivity index (χ0v) is 26.8. The second kappa shape index (κ2) is 10.4. The van der Waals surface area contributed by atoms with Gasteiger partial charge in [0.15, 0.2) is 5.82 Å². The van der Waals surface area contributed by atoms with Crippen molar-refractivity contribution in [2.24, 2.45) is 0 Å². The van der Waals surface area contributed by atoms with Crippen LogP contribution in [-0.4, -0.2) is 14.5 Å². The fourth-order valence-electron chi connectivity index (χ4n) is 7.74. The largest absolute Gasteiger partial charge is 0.436 e. The fraction of sp³-hybridized carbons (Fsp3) is 0. The van der Waals surface area contributed by atoms with Gasteiger partial charge in [-0.2, -0.15) is 0 Å². The van der Waals surface area contributed by atoms with Gasteiger partial charge in [-0.3, -0.25) is 4.57 Å². The molecule has 8 aromatic carbocycles. The predicted octanol–water partition coefficient (Wildman–Crippen LogP) is 12.3. The van der Waals surface area contributed by atoms with Gasteiger partial charge in [0.25, 0.3) is 0 Å². The lowest BCUT2D eigenvalue weighted by Crippen LogP contribution is -2.03. The van der Waals surface area contributed by atoms with Crippen LogP contribution in [0.2, 0.25) is 0 Å². The monoisotopic (exact) mass is 637 g/mol. The number of aromatic nitrogens is 3. The van der Waals surface area contributed by atoms with Gasteiger partial charge in [-0.1, -0.05) is 133 Å². The molecule has 4 nitrogen and oxygen atoms in total. The molecule has 0 atom stereocenters. The Balaban J connectivity index is 1.24. The van der Waals surface area contributed by atoms with Crippen molar-refractivity contribution in [2.75, 3.05) is 0 Å². The maximum atomic E-state index is 6.56. The third-order valence-electron chi connectivity index (χ3n) is 10.1. The summed E-state index contributed by atoms with van der Waals surface area (Å²) >= 11 is 0. The van der Waals surface area contributed by atoms with Crippen LogP contribution in [0.1, 0.15) is 0 Å². The van der Waals surface area contributed by atoms with E-state index >= 15 is 0 Å². The van der Waals surface area contributed by atoms with Crippen molar-refractivity contribution in [2.45, 2.75) is 0 Å². The van der Waals surface area contributed by atoms with Gasteiger partial charge in [0.2, 0.25) is 5.71 Å². The van der Waals surface area contributed by atoms with Gasteiger partial charge >= 0.3 is 0 Å². The van der Waals surface area contributed by atoms with Crippen LogP contribution in [0.15, 0.2) is 168 Å². The first-order valence-electron chi connectivity index (χ1n) is 16.9. The van der Waals surface area contributed by atoms with Gasteiger partial charge in [0, 0.05) is 27.1 Å². The summed E-state index contributed by atoms with van der Waals surface area (Å²) in [6.07, 6.45) is 0. The number of furan rings is 1. The standard InChI is InChI=1S/C46H27N3O/c1-2-12-30(13-3-1)42-45(47-43-38-23-21-35(27-41(38)50-46(43)48-42)34-19-18-28-10-4-5-14-31(28)24-34)49-40-26-33-16-7-6-15-32(33)25-39(40)37-22-20-29-11-8-9-17-36(29)44(37)49/h1-27H. The molecule has 0 bridgehead atoms. The second-order valence-corrected chi connectivity index (χ2v) is 13.0. The molecule has 0 unspecified atom stereocenters. The summed E-state index contributed by atoms with van der Waals surface area (Å²) in [5, 5.41) is 10.5. The van der Waals surface area contributed by atoms with Crippen molar-refractivity contribution < 1.29 is 4.42 Å². The van der Waals surface area contributed by atoms with E-state index in [-0.39, 0.29) is 0 Å². The maximum Gasteiger partial charge on any atom is 0.247 e. The Morgan fingerprint density at radius 1 is 0.420 bits per heavy atom. The minimum absolute atomic E-state index is 0.523. The van der Waals surface area contributed by atoms with Crippen molar-refractivity contribution in [1.29, 1.82) is 0 Å². The van der Waals surface area contributed by atoms with Gasteiger partial charge in [0.05, 0.1) is 11.0 Å². The van der Waals surface area contributed by atoms with Gasteiger partial charge in [-0.15, -0.1) is 0 Å². The summed E-state index contributed by atoms with van der Waals surface area (Å²) in [5.41, 5.74) is 8.22. The van der Waals surface area contributed by atoms with E-state index in [9.17, 15) is 0 Å². The molecule has 0 spiro atoms. The highest BCUT2D eigenvalue weighted by atomic mass is 16.3. The number of rotatable bonds is 3. The highest BCUT2D eigenvalue weighted by Gasteiger charge is 2.23. The van der Waals surface area contributed by atoms with Crippen LogP contribution in [0.25, 0.3) is 105 Å². The summed E-state index contributed by atoms with van der Waals surface area (Å²) < 4.78 is 8.89. The number of hydrogen-bond donors (Lipinski definition) is 0. The number of benzene rings is 8. The van der Waals surface area contributed by atoms with E-state index in [0.29, 0.717) is 5.71 Å². The Morgan fingerprint density at radius 2 is 1.06 bits per heavy atom. The van der Waals surface area contributed by atoms with Crippen LogP contribution in [-0.2, 0) is 0 Å². The van der Waals surface area contributed by atoms with E-state index in [4.69, 9.17) is 14.4 Å². The number of fused-ring (bicyclic) bond motifs is 10. The quantitative estimate of drug-likeness (QED) is 0.194. The zero-order chi connectivity index (χ0) is 32.8. The molecule has 232 valence electrons. The first-order chi connectivity index (χ1) is 24.8. The van der Waals surface area contributed by atoms with Crippen LogP contribution in [0.4, 0.5) is 0 Å². The van der Waals surface area contributed by atoms with Gasteiger partial charge < -0.3 is 4.42 Å². The van der Waals surface area contributed by atoms with Gasteiger partial charge in [0.1, 0.15) is 16.8 Å². The molecule has 4 heteroatoms. The molecule has 3 heterocycles. The molecule has 0 fully saturated rings. The average Bonchev–Trinajstić information content (AvgIpc) is 3.70. The van der Waals surface area contributed by atoms with E-state index in [1.165, 1.54) is 43.1 Å². The highest BCUT2D eigenvalue weighted by Crippen LogP contribution is 2.41. The molecule has 11 rings (SSSR count). The Bertz CT molecular complexity index is 3150. The summed E-state index contributed by atoms with van der Waals surface area (Å²) in [4.78, 5) is 10.8. The molecule has 0 amide bonds. The molecule has 0 radical (unpaired) electrons. The second-order valence-electron chi connectivity index (χ2n) is 13.0. The summed E-state index contributed by atoms with van der Waals surface area (Å²) in [5.74, 6) is 0.775. The van der Waals surface area contributed by atoms with Crippen LogP contribution < -0.4 is 0 Å². The Labute approximate surface area is 286 Å². The first kappa shape index (κ1) is 27.2. The molecule has 0 aliphatic carbocycles. The SMILES string of the molecule is c1ccc(-c2nc3oc4cc(-c5ccc6ccccc6c5)ccc4c3nc2-n2c3cc4ccccc4cc3c3ccc4ccccc4c32)cc1. The summed E-state index contributed by atoms with van der Waals surface area (Å²) in [6.45, 7) is 0. The Kier molecular flexibility index (Phi) is 5.63. The normalized spacial score (nSPS) is 12.0. The molecule has 0 aliphatic heterocycles. The molecular weight excluding hydrogens is 611 g/mol. The molecule has 0 aliphatic rings. The molecule has 50 heavy (non-hydrogen) atoms. The zero-order valence-electron chi connectivity index (χ0n) is 26.8. The molecule has 0 saturated heterocycles. The molecule has 11 aromatic rings. The van der Waals surface area contributed by atoms with Gasteiger partial charge in [-0.05, 0) is 68.4 Å². The van der Waals surface area contributed by atoms with Crippen LogP contribution in [0.5, 0.6) is 0 Å². The lowest BCUT2D eigenvalue weighted by atomic mass is 10.0. The number of nitrogens with zero attached hydrogens (tertiary/aromatic N) is 3. The number of hydrogen-bond acceptors (Lipinski definition) is 3. The predicted molar refractivity (Wildman–Crippen MR) is 207 cm³/mol. The van der Waals surface area contributed by atoms with E-state index in [1.807, 2.05) is 18.2 Å². The molecule has 0 saturated carbocycles. The topological polar surface area (TPSA) is 43.9 Å². The van der Waals surface area contributed by atoms with Crippen molar-refractivity contribution in [3.05, 3.63) is 164 Å². The van der Waals surface area contributed by atoms with E-state index in [2.05, 4.69) is 150 Å². The van der Waals surface area contributed by atoms with E-state index < -0.39 is 0 Å². The minimum Gasteiger partial charge on any atom is -0.436 e. The van der Waals surface area contributed by atoms with Crippen molar-refractivity contribution in [3.8, 4) is 28.2 Å². The Morgan fingerprint density at radius 3 is 1.90 bits per heavy atom. The first-order valence-corrected chi connectivity index (χ1v) is 16.9. The van der Waals surface area contributed by atoms with Crippen molar-refractivity contribution >= 4 is 76.3 Å². The molecular formula is C46H27N3O. The van der Waals surface area contributed by atoms with Gasteiger partial charge in [-0.25, -0.2) is 9.97 Å². The highest BCUT2D eigenvalue weighted by molar-refractivity contribution is 6.21.